The number of nitrogens with zero attached hydrogens (tertiary/aromatic N) is 2. The summed E-state index contributed by atoms with van der Waals surface area (Å²) in [6, 6.07) is 36.2. The van der Waals surface area contributed by atoms with Crippen molar-refractivity contribution in [3.8, 4) is 11.5 Å². The molecule has 0 atom stereocenters. The number of amidine groups is 1. The lowest BCUT2D eigenvalue weighted by Crippen LogP contribution is -2.28. The number of benzene rings is 5. The van der Waals surface area contributed by atoms with Crippen molar-refractivity contribution in [1.29, 1.82) is 0 Å². The Hall–Kier alpha value is -3.35. The van der Waals surface area contributed by atoms with Crippen LogP contribution in [0.25, 0.3) is 16.8 Å². The molecule has 1 aliphatic rings. The van der Waals surface area contributed by atoms with Gasteiger partial charge >= 0.3 is 0 Å². The molecule has 0 bridgehead atoms. The molecule has 8 heteroatoms. The Morgan fingerprint density at radius 1 is 0.860 bits per heavy atom. The van der Waals surface area contributed by atoms with Gasteiger partial charge in [0.15, 0.2) is 5.17 Å². The topological polar surface area (TPSA) is 51.1 Å². The molecule has 0 N–H and O–H groups in total. The molecule has 0 unspecified atom stereocenters. The standard InChI is InChI=1S/C35H26I2N2O3S/c1-41-28-16-14-23(15-17-28)21-39-34(40)32(43-35(39)38-27-11-3-2-4-12-27)20-24-18-30(36)33(31(37)19-24)42-22-26-10-7-9-25-8-5-6-13-29(25)26/h2-20H,21-22H2,1H3/b32-20-,38-35?. The number of halogens is 2. The van der Waals surface area contributed by atoms with Crippen LogP contribution in [0.5, 0.6) is 11.5 Å². The molecule has 5 nitrogen and oxygen atoms in total. The second-order valence-corrected chi connectivity index (χ2v) is 13.2. The Bertz CT molecular complexity index is 1830. The van der Waals surface area contributed by atoms with E-state index in [0.717, 1.165) is 41.0 Å². The number of thioether (sulfide) groups is 1. The number of amides is 1. The van der Waals surface area contributed by atoms with Gasteiger partial charge in [-0.1, -0.05) is 72.8 Å². The Labute approximate surface area is 282 Å². The molecule has 1 aliphatic heterocycles. The Balaban J connectivity index is 1.26. The summed E-state index contributed by atoms with van der Waals surface area (Å²) in [5, 5.41) is 3.04. The fraction of sp³-hybridized carbons (Fsp3) is 0.0857. The van der Waals surface area contributed by atoms with Crippen molar-refractivity contribution in [3.63, 3.8) is 0 Å². The lowest BCUT2D eigenvalue weighted by atomic mass is 10.1. The quantitative estimate of drug-likeness (QED) is 0.116. The minimum absolute atomic E-state index is 0.0724. The van der Waals surface area contributed by atoms with Crippen molar-refractivity contribution >= 4 is 90.6 Å². The van der Waals surface area contributed by atoms with Crippen molar-refractivity contribution < 1.29 is 14.3 Å². The van der Waals surface area contributed by atoms with Crippen LogP contribution in [0.15, 0.2) is 119 Å². The first-order chi connectivity index (χ1) is 21.0. The zero-order chi connectivity index (χ0) is 29.8. The maximum absolute atomic E-state index is 13.7. The predicted octanol–water partition coefficient (Wildman–Crippen LogP) is 9.44. The highest BCUT2D eigenvalue weighted by molar-refractivity contribution is 14.1. The number of para-hydroxylation sites is 1. The molecular formula is C35H26I2N2O3S. The summed E-state index contributed by atoms with van der Waals surface area (Å²) in [5.41, 5.74) is 3.88. The minimum atomic E-state index is -0.0724. The van der Waals surface area contributed by atoms with Gasteiger partial charge in [0.1, 0.15) is 18.1 Å². The summed E-state index contributed by atoms with van der Waals surface area (Å²) in [6.07, 6.45) is 1.94. The van der Waals surface area contributed by atoms with Crippen LogP contribution in [0.2, 0.25) is 0 Å². The van der Waals surface area contributed by atoms with Crippen LogP contribution in [0.4, 0.5) is 5.69 Å². The van der Waals surface area contributed by atoms with Gasteiger partial charge in [-0.3, -0.25) is 9.69 Å². The third-order valence-corrected chi connectivity index (χ3v) is 9.55. The number of methoxy groups -OCH3 is 1. The van der Waals surface area contributed by atoms with Crippen LogP contribution >= 0.6 is 56.9 Å². The van der Waals surface area contributed by atoms with Gasteiger partial charge in [-0.25, -0.2) is 4.99 Å². The molecule has 0 spiro atoms. The highest BCUT2D eigenvalue weighted by atomic mass is 127. The predicted molar refractivity (Wildman–Crippen MR) is 193 cm³/mol. The fourth-order valence-corrected chi connectivity index (χ4v) is 7.90. The molecule has 1 amide bonds. The number of hydrogen-bond donors (Lipinski definition) is 0. The van der Waals surface area contributed by atoms with Crippen molar-refractivity contribution in [3.05, 3.63) is 138 Å². The number of carbonyl (C=O) groups is 1. The molecule has 1 fully saturated rings. The first-order valence-corrected chi connectivity index (χ1v) is 16.5. The Morgan fingerprint density at radius 3 is 2.30 bits per heavy atom. The third-order valence-electron chi connectivity index (χ3n) is 6.94. The van der Waals surface area contributed by atoms with Crippen LogP contribution < -0.4 is 9.47 Å². The summed E-state index contributed by atoms with van der Waals surface area (Å²) < 4.78 is 13.6. The van der Waals surface area contributed by atoms with E-state index in [2.05, 4.69) is 93.7 Å². The van der Waals surface area contributed by atoms with E-state index < -0.39 is 0 Å². The molecule has 6 rings (SSSR count). The molecule has 43 heavy (non-hydrogen) atoms. The van der Waals surface area contributed by atoms with E-state index in [9.17, 15) is 4.79 Å². The van der Waals surface area contributed by atoms with Gasteiger partial charge in [0, 0.05) is 0 Å². The third kappa shape index (κ3) is 6.91. The minimum Gasteiger partial charge on any atom is -0.497 e. The summed E-state index contributed by atoms with van der Waals surface area (Å²) in [4.78, 5) is 20.9. The van der Waals surface area contributed by atoms with Crippen molar-refractivity contribution in [2.24, 2.45) is 4.99 Å². The molecule has 1 heterocycles. The van der Waals surface area contributed by atoms with Crippen LogP contribution in [0, 0.1) is 7.14 Å². The SMILES string of the molecule is COc1ccc(CN2C(=O)/C(=C/c3cc(I)c(OCc4cccc5ccccc45)c(I)c3)SC2=Nc2ccccc2)cc1. The van der Waals surface area contributed by atoms with Crippen molar-refractivity contribution in [2.45, 2.75) is 13.2 Å². The Morgan fingerprint density at radius 2 is 1.56 bits per heavy atom. The molecule has 5 aromatic rings. The van der Waals surface area contributed by atoms with E-state index in [-0.39, 0.29) is 5.91 Å². The normalized spacial score (nSPS) is 15.0. The second kappa shape index (κ2) is 13.5. The van der Waals surface area contributed by atoms with Gasteiger partial charge in [0.25, 0.3) is 5.91 Å². The smallest absolute Gasteiger partial charge is 0.267 e. The first-order valence-electron chi connectivity index (χ1n) is 13.5. The molecule has 0 radical (unpaired) electrons. The summed E-state index contributed by atoms with van der Waals surface area (Å²) in [7, 11) is 1.64. The second-order valence-electron chi connectivity index (χ2n) is 9.82. The van der Waals surface area contributed by atoms with Gasteiger partial charge in [0.2, 0.25) is 0 Å². The average molecular weight is 808 g/mol. The number of hydrogen-bond acceptors (Lipinski definition) is 5. The van der Waals surface area contributed by atoms with Crippen LogP contribution in [-0.4, -0.2) is 23.1 Å². The Kier molecular flexibility index (Phi) is 9.34. The summed E-state index contributed by atoms with van der Waals surface area (Å²) >= 11 is 6.02. The maximum atomic E-state index is 13.7. The summed E-state index contributed by atoms with van der Waals surface area (Å²) in [5.74, 6) is 1.55. The van der Waals surface area contributed by atoms with Gasteiger partial charge < -0.3 is 9.47 Å². The highest BCUT2D eigenvalue weighted by Crippen LogP contribution is 2.37. The fourth-order valence-electron chi connectivity index (χ4n) is 4.78. The average Bonchev–Trinajstić information content (AvgIpc) is 3.30. The largest absolute Gasteiger partial charge is 0.497 e. The zero-order valence-corrected chi connectivity index (χ0v) is 28.3. The van der Waals surface area contributed by atoms with E-state index in [1.54, 1.807) is 12.0 Å². The molecular weight excluding hydrogens is 782 g/mol. The van der Waals surface area contributed by atoms with Crippen molar-refractivity contribution in [2.75, 3.05) is 7.11 Å². The first kappa shape index (κ1) is 29.7. The van der Waals surface area contributed by atoms with Crippen LogP contribution in [-0.2, 0) is 17.9 Å². The van der Waals surface area contributed by atoms with Gasteiger partial charge in [-0.15, -0.1) is 0 Å². The van der Waals surface area contributed by atoms with Crippen molar-refractivity contribution in [1.82, 2.24) is 4.90 Å². The highest BCUT2D eigenvalue weighted by Gasteiger charge is 2.33. The van der Waals surface area contributed by atoms with Crippen LogP contribution in [0.3, 0.4) is 0 Å². The zero-order valence-electron chi connectivity index (χ0n) is 23.2. The monoisotopic (exact) mass is 808 g/mol. The number of rotatable bonds is 8. The van der Waals surface area contributed by atoms with Gasteiger partial charge in [0.05, 0.1) is 31.4 Å². The number of ether oxygens (including phenoxy) is 2. The van der Waals surface area contributed by atoms with E-state index >= 15 is 0 Å². The summed E-state index contributed by atoms with van der Waals surface area (Å²) in [6.45, 7) is 0.886. The van der Waals surface area contributed by atoms with Gasteiger partial charge in [-0.05, 0) is 127 Å². The number of aliphatic imine (C=N–C) groups is 1. The van der Waals surface area contributed by atoms with Crippen LogP contribution in [0.1, 0.15) is 16.7 Å². The van der Waals surface area contributed by atoms with Gasteiger partial charge in [-0.2, -0.15) is 0 Å². The molecule has 0 aliphatic carbocycles. The van der Waals surface area contributed by atoms with E-state index in [4.69, 9.17) is 14.5 Å². The van der Waals surface area contributed by atoms with E-state index in [1.807, 2.05) is 66.7 Å². The lowest BCUT2D eigenvalue weighted by Gasteiger charge is -2.16. The molecule has 214 valence electrons. The molecule has 1 saturated heterocycles. The molecule has 0 aromatic heterocycles. The molecule has 5 aromatic carbocycles. The number of carbonyl (C=O) groups excluding carboxylic acids is 1. The maximum Gasteiger partial charge on any atom is 0.267 e. The van der Waals surface area contributed by atoms with E-state index in [1.165, 1.54) is 22.5 Å². The number of fused-ring (bicyclic) bond motifs is 1. The lowest BCUT2D eigenvalue weighted by molar-refractivity contribution is -0.122. The van der Waals surface area contributed by atoms with E-state index in [0.29, 0.717) is 23.2 Å². The molecule has 0 saturated carbocycles.